The van der Waals surface area contributed by atoms with Gasteiger partial charge in [0.1, 0.15) is 6.61 Å². The number of ether oxygens (including phenoxy) is 1. The van der Waals surface area contributed by atoms with E-state index in [4.69, 9.17) is 16.3 Å². The molecule has 0 bridgehead atoms. The molecule has 0 aliphatic carbocycles. The van der Waals surface area contributed by atoms with Gasteiger partial charge >= 0.3 is 6.18 Å². The Balaban J connectivity index is 1.39. The van der Waals surface area contributed by atoms with E-state index >= 15 is 0 Å². The minimum Gasteiger partial charge on any atom is -0.370 e. The summed E-state index contributed by atoms with van der Waals surface area (Å²) in [5, 5.41) is 7.45. The number of hydrogen-bond acceptors (Lipinski definition) is 3. The fraction of sp³-hybridized carbons (Fsp3) is 0.238. The Kier molecular flexibility index (Phi) is 7.12. The average Bonchev–Trinajstić information content (AvgIpc) is 3.19. The minimum absolute atomic E-state index is 0.00424. The first-order valence-electron chi connectivity index (χ1n) is 9.10. The van der Waals surface area contributed by atoms with Crippen LogP contribution in [-0.4, -0.2) is 28.9 Å². The van der Waals surface area contributed by atoms with Crippen LogP contribution in [0.4, 0.5) is 13.2 Å². The SMILES string of the molecule is O=C(COCCn1cc(-c2ccc(Cl)cc2)cn1)NCc1cccc(C(F)(F)F)c1. The van der Waals surface area contributed by atoms with Crippen molar-refractivity contribution in [1.82, 2.24) is 15.1 Å². The summed E-state index contributed by atoms with van der Waals surface area (Å²) in [5.74, 6) is -0.408. The Morgan fingerprint density at radius 3 is 2.63 bits per heavy atom. The van der Waals surface area contributed by atoms with E-state index in [0.29, 0.717) is 17.1 Å². The lowest BCUT2D eigenvalue weighted by atomic mass is 10.1. The molecule has 1 heterocycles. The fourth-order valence-corrected chi connectivity index (χ4v) is 2.84. The van der Waals surface area contributed by atoms with Gasteiger partial charge in [0.2, 0.25) is 5.91 Å². The predicted octanol–water partition coefficient (Wildman–Crippen LogP) is 4.56. The highest BCUT2D eigenvalue weighted by Crippen LogP contribution is 2.29. The van der Waals surface area contributed by atoms with Gasteiger partial charge in [-0.3, -0.25) is 9.48 Å². The lowest BCUT2D eigenvalue weighted by Gasteiger charge is -2.10. The molecule has 0 atom stereocenters. The lowest BCUT2D eigenvalue weighted by Crippen LogP contribution is -2.27. The van der Waals surface area contributed by atoms with Crippen molar-refractivity contribution in [3.63, 3.8) is 0 Å². The van der Waals surface area contributed by atoms with Crippen molar-refractivity contribution >= 4 is 17.5 Å². The molecule has 5 nitrogen and oxygen atoms in total. The molecule has 1 aromatic heterocycles. The summed E-state index contributed by atoms with van der Waals surface area (Å²) >= 11 is 5.88. The molecule has 1 N–H and O–H groups in total. The Morgan fingerprint density at radius 1 is 1.13 bits per heavy atom. The number of aromatic nitrogens is 2. The van der Waals surface area contributed by atoms with Crippen molar-refractivity contribution in [2.24, 2.45) is 0 Å². The number of rotatable bonds is 8. The average molecular weight is 438 g/mol. The van der Waals surface area contributed by atoms with Crippen LogP contribution in [0.3, 0.4) is 0 Å². The number of halogens is 4. The largest absolute Gasteiger partial charge is 0.416 e. The maximum Gasteiger partial charge on any atom is 0.416 e. The highest BCUT2D eigenvalue weighted by atomic mass is 35.5. The Hall–Kier alpha value is -2.84. The quantitative estimate of drug-likeness (QED) is 0.526. The molecule has 0 saturated carbocycles. The predicted molar refractivity (Wildman–Crippen MR) is 107 cm³/mol. The van der Waals surface area contributed by atoms with Gasteiger partial charge in [0.05, 0.1) is 24.9 Å². The number of amides is 1. The van der Waals surface area contributed by atoms with Crippen molar-refractivity contribution in [2.75, 3.05) is 13.2 Å². The first-order chi connectivity index (χ1) is 14.3. The third-order valence-electron chi connectivity index (χ3n) is 4.25. The molecule has 3 rings (SSSR count). The van der Waals surface area contributed by atoms with Gasteiger partial charge in [0.25, 0.3) is 0 Å². The maximum absolute atomic E-state index is 12.7. The van der Waals surface area contributed by atoms with E-state index < -0.39 is 17.6 Å². The van der Waals surface area contributed by atoms with E-state index in [9.17, 15) is 18.0 Å². The molecule has 0 spiro atoms. The zero-order chi connectivity index (χ0) is 21.6. The van der Waals surface area contributed by atoms with Crippen molar-refractivity contribution < 1.29 is 22.7 Å². The zero-order valence-corrected chi connectivity index (χ0v) is 16.6. The van der Waals surface area contributed by atoms with E-state index in [0.717, 1.165) is 23.3 Å². The standard InChI is InChI=1S/C21H19ClF3N3O2/c22-19-6-4-16(5-7-19)17-12-27-28(13-17)8-9-30-14-20(29)26-11-15-2-1-3-18(10-15)21(23,24)25/h1-7,10,12-13H,8-9,11,14H2,(H,26,29). The Morgan fingerprint density at radius 2 is 1.90 bits per heavy atom. The molecule has 1 amide bonds. The summed E-state index contributed by atoms with van der Waals surface area (Å²) in [6.07, 6.45) is -0.825. The summed E-state index contributed by atoms with van der Waals surface area (Å²) in [5.41, 5.74) is 1.54. The summed E-state index contributed by atoms with van der Waals surface area (Å²) < 4.78 is 45.1. The molecule has 0 unspecified atom stereocenters. The molecule has 0 radical (unpaired) electrons. The maximum atomic E-state index is 12.7. The van der Waals surface area contributed by atoms with Crippen LogP contribution in [0.15, 0.2) is 60.9 Å². The smallest absolute Gasteiger partial charge is 0.370 e. The van der Waals surface area contributed by atoms with Crippen LogP contribution in [0, 0.1) is 0 Å². The highest BCUT2D eigenvalue weighted by Gasteiger charge is 2.30. The first-order valence-corrected chi connectivity index (χ1v) is 9.48. The van der Waals surface area contributed by atoms with Crippen LogP contribution < -0.4 is 5.32 Å². The van der Waals surface area contributed by atoms with Gasteiger partial charge in [-0.2, -0.15) is 18.3 Å². The third-order valence-corrected chi connectivity index (χ3v) is 4.50. The molecule has 0 aliphatic heterocycles. The second kappa shape index (κ2) is 9.77. The molecule has 9 heteroatoms. The molecule has 2 aromatic carbocycles. The van der Waals surface area contributed by atoms with E-state index in [-0.39, 0.29) is 19.8 Å². The van der Waals surface area contributed by atoms with Crippen LogP contribution in [0.2, 0.25) is 5.02 Å². The fourth-order valence-electron chi connectivity index (χ4n) is 2.71. The third kappa shape index (κ3) is 6.33. The van der Waals surface area contributed by atoms with Gasteiger partial charge in [0, 0.05) is 23.3 Å². The summed E-state index contributed by atoms with van der Waals surface area (Å²) in [7, 11) is 0. The normalized spacial score (nSPS) is 11.5. The van der Waals surface area contributed by atoms with Gasteiger partial charge in [-0.05, 0) is 35.4 Å². The van der Waals surface area contributed by atoms with Crippen molar-refractivity contribution in [3.05, 3.63) is 77.1 Å². The Bertz CT molecular complexity index is 988. The van der Waals surface area contributed by atoms with Gasteiger partial charge in [0.15, 0.2) is 0 Å². The Labute approximate surface area is 176 Å². The van der Waals surface area contributed by atoms with Gasteiger partial charge in [-0.15, -0.1) is 0 Å². The van der Waals surface area contributed by atoms with E-state index in [1.165, 1.54) is 12.1 Å². The number of carbonyl (C=O) groups excluding carboxylic acids is 1. The minimum atomic E-state index is -4.41. The van der Waals surface area contributed by atoms with Gasteiger partial charge < -0.3 is 10.1 Å². The zero-order valence-electron chi connectivity index (χ0n) is 15.8. The molecular formula is C21H19ClF3N3O2. The van der Waals surface area contributed by atoms with Crippen molar-refractivity contribution in [3.8, 4) is 11.1 Å². The number of alkyl halides is 3. The van der Waals surface area contributed by atoms with Crippen LogP contribution >= 0.6 is 11.6 Å². The monoisotopic (exact) mass is 437 g/mol. The molecule has 0 saturated heterocycles. The topological polar surface area (TPSA) is 56.2 Å². The number of nitrogens with one attached hydrogen (secondary N) is 1. The molecule has 30 heavy (non-hydrogen) atoms. The molecule has 0 fully saturated rings. The van der Waals surface area contributed by atoms with Crippen LogP contribution in [-0.2, 0) is 28.8 Å². The van der Waals surface area contributed by atoms with Crippen LogP contribution in [0.1, 0.15) is 11.1 Å². The number of benzene rings is 2. The van der Waals surface area contributed by atoms with Gasteiger partial charge in [-0.25, -0.2) is 0 Å². The van der Waals surface area contributed by atoms with Crippen LogP contribution in [0.5, 0.6) is 0 Å². The highest BCUT2D eigenvalue weighted by molar-refractivity contribution is 6.30. The summed E-state index contributed by atoms with van der Waals surface area (Å²) in [4.78, 5) is 11.8. The molecule has 3 aromatic rings. The van der Waals surface area contributed by atoms with E-state index in [1.807, 2.05) is 18.3 Å². The van der Waals surface area contributed by atoms with Crippen molar-refractivity contribution in [1.29, 1.82) is 0 Å². The number of hydrogen-bond donors (Lipinski definition) is 1. The first kappa shape index (κ1) is 21.9. The molecule has 158 valence electrons. The molecule has 0 aliphatic rings. The number of nitrogens with zero attached hydrogens (tertiary/aromatic N) is 2. The van der Waals surface area contributed by atoms with Gasteiger partial charge in [-0.1, -0.05) is 35.9 Å². The number of carbonyl (C=O) groups is 1. The van der Waals surface area contributed by atoms with E-state index in [2.05, 4.69) is 10.4 Å². The second-order valence-electron chi connectivity index (χ2n) is 6.53. The second-order valence-corrected chi connectivity index (χ2v) is 6.96. The molecular weight excluding hydrogens is 419 g/mol. The van der Waals surface area contributed by atoms with E-state index in [1.54, 1.807) is 23.0 Å². The summed E-state index contributed by atoms with van der Waals surface area (Å²) in [6, 6.07) is 12.2. The lowest BCUT2D eigenvalue weighted by molar-refractivity contribution is -0.137. The summed E-state index contributed by atoms with van der Waals surface area (Å²) in [6.45, 7) is 0.521. The van der Waals surface area contributed by atoms with Crippen LogP contribution in [0.25, 0.3) is 11.1 Å². The van der Waals surface area contributed by atoms with Crippen molar-refractivity contribution in [2.45, 2.75) is 19.3 Å².